The van der Waals surface area contributed by atoms with E-state index in [1.54, 1.807) is 26.0 Å². The van der Waals surface area contributed by atoms with Crippen LogP contribution in [0, 0.1) is 0 Å². The van der Waals surface area contributed by atoms with Crippen LogP contribution in [0.25, 0.3) is 11.4 Å². The predicted molar refractivity (Wildman–Crippen MR) is 109 cm³/mol. The van der Waals surface area contributed by atoms with Crippen molar-refractivity contribution in [1.29, 1.82) is 0 Å². The number of rotatable bonds is 10. The van der Waals surface area contributed by atoms with Gasteiger partial charge >= 0.3 is 0 Å². The van der Waals surface area contributed by atoms with E-state index in [9.17, 15) is 0 Å². The molecule has 0 N–H and O–H groups in total. The van der Waals surface area contributed by atoms with E-state index >= 15 is 0 Å². The van der Waals surface area contributed by atoms with Gasteiger partial charge in [0.2, 0.25) is 0 Å². The van der Waals surface area contributed by atoms with Gasteiger partial charge in [-0.25, -0.2) is 0 Å². The molecule has 142 valence electrons. The molecule has 0 spiro atoms. The van der Waals surface area contributed by atoms with Crippen LogP contribution in [-0.2, 0) is 17.7 Å². The second-order valence-electron chi connectivity index (χ2n) is 6.12. The van der Waals surface area contributed by atoms with Crippen LogP contribution in [0.3, 0.4) is 0 Å². The SMILES string of the molecule is COCCCSc1nnc(-c2ccc(OC)cc2)n1CCc1ccccc1. The van der Waals surface area contributed by atoms with E-state index in [-0.39, 0.29) is 0 Å². The summed E-state index contributed by atoms with van der Waals surface area (Å²) in [5, 5.41) is 9.87. The molecule has 0 unspecified atom stereocenters. The zero-order chi connectivity index (χ0) is 18.9. The van der Waals surface area contributed by atoms with Crippen molar-refractivity contribution < 1.29 is 9.47 Å². The summed E-state index contributed by atoms with van der Waals surface area (Å²) in [6.45, 7) is 1.60. The number of hydrogen-bond donors (Lipinski definition) is 0. The highest BCUT2D eigenvalue weighted by Crippen LogP contribution is 2.26. The zero-order valence-electron chi connectivity index (χ0n) is 15.8. The van der Waals surface area contributed by atoms with Crippen molar-refractivity contribution in [2.24, 2.45) is 0 Å². The van der Waals surface area contributed by atoms with E-state index in [4.69, 9.17) is 9.47 Å². The average Bonchev–Trinajstić information content (AvgIpc) is 3.13. The fraction of sp³-hybridized carbons (Fsp3) is 0.333. The molecule has 0 aliphatic heterocycles. The summed E-state index contributed by atoms with van der Waals surface area (Å²) in [6, 6.07) is 18.5. The topological polar surface area (TPSA) is 49.2 Å². The summed E-state index contributed by atoms with van der Waals surface area (Å²) in [4.78, 5) is 0. The molecule has 1 heterocycles. The van der Waals surface area contributed by atoms with Gasteiger partial charge in [0.25, 0.3) is 0 Å². The molecule has 6 heteroatoms. The molecule has 0 atom stereocenters. The van der Waals surface area contributed by atoms with E-state index in [1.165, 1.54) is 5.56 Å². The number of benzene rings is 2. The lowest BCUT2D eigenvalue weighted by molar-refractivity contribution is 0.200. The molecule has 0 radical (unpaired) electrons. The lowest BCUT2D eigenvalue weighted by Gasteiger charge is -2.11. The standard InChI is InChI=1S/C21H25N3O2S/c1-25-15-6-16-27-21-23-22-20(18-9-11-19(26-2)12-10-18)24(21)14-13-17-7-4-3-5-8-17/h3-5,7-12H,6,13-16H2,1-2H3. The fourth-order valence-electron chi connectivity index (χ4n) is 2.80. The van der Waals surface area contributed by atoms with Gasteiger partial charge in [-0.2, -0.15) is 0 Å². The highest BCUT2D eigenvalue weighted by Gasteiger charge is 2.14. The van der Waals surface area contributed by atoms with Crippen LogP contribution in [0.4, 0.5) is 0 Å². The third-order valence-electron chi connectivity index (χ3n) is 4.26. The lowest BCUT2D eigenvalue weighted by atomic mass is 10.1. The molecule has 0 saturated carbocycles. The molecular formula is C21H25N3O2S. The second-order valence-corrected chi connectivity index (χ2v) is 7.18. The summed E-state index contributed by atoms with van der Waals surface area (Å²) in [6.07, 6.45) is 1.93. The van der Waals surface area contributed by atoms with Gasteiger partial charge < -0.3 is 14.0 Å². The van der Waals surface area contributed by atoms with Gasteiger partial charge in [0.1, 0.15) is 5.75 Å². The van der Waals surface area contributed by atoms with Gasteiger partial charge in [-0.1, -0.05) is 42.1 Å². The Labute approximate surface area is 164 Å². The van der Waals surface area contributed by atoms with Crippen molar-refractivity contribution in [3.63, 3.8) is 0 Å². The molecule has 0 saturated heterocycles. The maximum atomic E-state index is 5.26. The molecule has 27 heavy (non-hydrogen) atoms. The highest BCUT2D eigenvalue weighted by atomic mass is 32.2. The van der Waals surface area contributed by atoms with Crippen molar-refractivity contribution in [2.45, 2.75) is 24.5 Å². The van der Waals surface area contributed by atoms with Crippen molar-refractivity contribution in [2.75, 3.05) is 26.6 Å². The summed E-state index contributed by atoms with van der Waals surface area (Å²) < 4.78 is 12.6. The van der Waals surface area contributed by atoms with Crippen molar-refractivity contribution in [3.05, 3.63) is 60.2 Å². The highest BCUT2D eigenvalue weighted by molar-refractivity contribution is 7.99. The molecule has 0 amide bonds. The Kier molecular flexibility index (Phi) is 7.30. The molecule has 0 fully saturated rings. The number of methoxy groups -OCH3 is 2. The van der Waals surface area contributed by atoms with Gasteiger partial charge in [-0.3, -0.25) is 0 Å². The maximum Gasteiger partial charge on any atom is 0.191 e. The van der Waals surface area contributed by atoms with Crippen LogP contribution < -0.4 is 4.74 Å². The second kappa shape index (κ2) is 10.1. The van der Waals surface area contributed by atoms with Crippen LogP contribution in [0.5, 0.6) is 5.75 Å². The van der Waals surface area contributed by atoms with Gasteiger partial charge in [0.05, 0.1) is 7.11 Å². The third kappa shape index (κ3) is 5.34. The van der Waals surface area contributed by atoms with Crippen molar-refractivity contribution in [3.8, 4) is 17.1 Å². The van der Waals surface area contributed by atoms with E-state index in [1.807, 2.05) is 30.3 Å². The Balaban J connectivity index is 1.81. The molecule has 2 aromatic carbocycles. The Morgan fingerprint density at radius 1 is 0.963 bits per heavy atom. The first-order valence-electron chi connectivity index (χ1n) is 9.05. The van der Waals surface area contributed by atoms with Gasteiger partial charge in [0.15, 0.2) is 11.0 Å². The Bertz CT molecular complexity index is 819. The van der Waals surface area contributed by atoms with Crippen molar-refractivity contribution in [1.82, 2.24) is 14.8 Å². The number of ether oxygens (including phenoxy) is 2. The minimum absolute atomic E-state index is 0.760. The quantitative estimate of drug-likeness (QED) is 0.385. The van der Waals surface area contributed by atoms with Crippen molar-refractivity contribution >= 4 is 11.8 Å². The Morgan fingerprint density at radius 3 is 2.44 bits per heavy atom. The number of hydrogen-bond acceptors (Lipinski definition) is 5. The minimum Gasteiger partial charge on any atom is -0.497 e. The molecule has 0 aliphatic carbocycles. The van der Waals surface area contributed by atoms with Crippen LogP contribution in [-0.4, -0.2) is 41.3 Å². The monoisotopic (exact) mass is 383 g/mol. The Hall–Kier alpha value is -2.31. The smallest absolute Gasteiger partial charge is 0.191 e. The number of aromatic nitrogens is 3. The molecular weight excluding hydrogens is 358 g/mol. The van der Waals surface area contributed by atoms with E-state index in [2.05, 4.69) is 39.0 Å². The first-order chi connectivity index (χ1) is 13.3. The average molecular weight is 384 g/mol. The molecule has 0 bridgehead atoms. The first kappa shape index (κ1) is 19.5. The van der Waals surface area contributed by atoms with Crippen LogP contribution in [0.1, 0.15) is 12.0 Å². The third-order valence-corrected chi connectivity index (χ3v) is 5.31. The van der Waals surface area contributed by atoms with Gasteiger partial charge in [-0.05, 0) is 42.7 Å². The van der Waals surface area contributed by atoms with Crippen LogP contribution in [0.15, 0.2) is 59.8 Å². The summed E-state index contributed by atoms with van der Waals surface area (Å²) >= 11 is 1.73. The largest absolute Gasteiger partial charge is 0.497 e. The summed E-state index contributed by atoms with van der Waals surface area (Å²) in [5.41, 5.74) is 2.35. The number of aryl methyl sites for hydroxylation is 1. The first-order valence-corrected chi connectivity index (χ1v) is 10.0. The molecule has 3 rings (SSSR count). The van der Waals surface area contributed by atoms with Gasteiger partial charge in [0, 0.05) is 31.6 Å². The van der Waals surface area contributed by atoms with Gasteiger partial charge in [-0.15, -0.1) is 10.2 Å². The molecule has 3 aromatic rings. The summed E-state index contributed by atoms with van der Waals surface area (Å²) in [7, 11) is 3.40. The molecule has 5 nitrogen and oxygen atoms in total. The fourth-order valence-corrected chi connectivity index (χ4v) is 3.68. The predicted octanol–water partition coefficient (Wildman–Crippen LogP) is 4.33. The molecule has 0 aliphatic rings. The Morgan fingerprint density at radius 2 is 1.74 bits per heavy atom. The molecule has 1 aromatic heterocycles. The maximum absolute atomic E-state index is 5.26. The van der Waals surface area contributed by atoms with Crippen LogP contribution in [0.2, 0.25) is 0 Å². The van der Waals surface area contributed by atoms with E-state index < -0.39 is 0 Å². The van der Waals surface area contributed by atoms with E-state index in [0.717, 1.165) is 54.0 Å². The van der Waals surface area contributed by atoms with Crippen LogP contribution >= 0.6 is 11.8 Å². The number of nitrogens with zero attached hydrogens (tertiary/aromatic N) is 3. The number of thioether (sulfide) groups is 1. The minimum atomic E-state index is 0.760. The lowest BCUT2D eigenvalue weighted by Crippen LogP contribution is -2.06. The zero-order valence-corrected chi connectivity index (χ0v) is 16.6. The summed E-state index contributed by atoms with van der Waals surface area (Å²) in [5.74, 6) is 2.69. The van der Waals surface area contributed by atoms with E-state index in [0.29, 0.717) is 0 Å². The normalized spacial score (nSPS) is 10.9.